The molecule has 0 saturated heterocycles. The maximum absolute atomic E-state index is 13.4. The number of rotatable bonds is 6. The largest absolute Gasteiger partial charge is 0.337 e. The zero-order valence-electron chi connectivity index (χ0n) is 16.3. The van der Waals surface area contributed by atoms with E-state index in [0.29, 0.717) is 12.1 Å². The number of nitrogens with zero attached hydrogens (tertiary/aromatic N) is 4. The molecule has 0 atom stereocenters. The van der Waals surface area contributed by atoms with Crippen molar-refractivity contribution in [3.8, 4) is 0 Å². The van der Waals surface area contributed by atoms with Crippen LogP contribution in [-0.4, -0.2) is 27.0 Å². The first-order chi connectivity index (χ1) is 14.0. The maximum Gasteiger partial charge on any atom is 0.260 e. The molecule has 2 aromatic carbocycles. The van der Waals surface area contributed by atoms with E-state index < -0.39 is 0 Å². The molecule has 0 fully saturated rings. The number of imidazole rings is 1. The van der Waals surface area contributed by atoms with E-state index in [9.17, 15) is 4.79 Å². The predicted molar refractivity (Wildman–Crippen MR) is 122 cm³/mol. The van der Waals surface area contributed by atoms with Gasteiger partial charge in [-0.15, -0.1) is 0 Å². The minimum absolute atomic E-state index is 0.0367. The van der Waals surface area contributed by atoms with Crippen LogP contribution in [0, 0.1) is 13.8 Å². The molecular weight excluding hydrogens is 448 g/mol. The summed E-state index contributed by atoms with van der Waals surface area (Å²) in [6.45, 7) is 5.55. The summed E-state index contributed by atoms with van der Waals surface area (Å²) in [6.07, 6.45) is 6.31. The van der Waals surface area contributed by atoms with Crippen LogP contribution in [0.4, 0.5) is 5.13 Å². The van der Waals surface area contributed by atoms with E-state index in [-0.39, 0.29) is 5.91 Å². The fourth-order valence-electron chi connectivity index (χ4n) is 3.22. The molecule has 0 spiro atoms. The van der Waals surface area contributed by atoms with E-state index in [4.69, 9.17) is 4.98 Å². The van der Waals surface area contributed by atoms with Crippen molar-refractivity contribution in [2.24, 2.45) is 0 Å². The van der Waals surface area contributed by atoms with Crippen LogP contribution in [0.5, 0.6) is 0 Å². The highest BCUT2D eigenvalue weighted by atomic mass is 79.9. The van der Waals surface area contributed by atoms with Crippen LogP contribution in [0.2, 0.25) is 0 Å². The fourth-order valence-corrected chi connectivity index (χ4v) is 4.67. The highest BCUT2D eigenvalue weighted by Crippen LogP contribution is 2.33. The topological polar surface area (TPSA) is 51.0 Å². The Hall–Kier alpha value is -2.51. The Balaban J connectivity index is 1.67. The van der Waals surface area contributed by atoms with Gasteiger partial charge in [0.2, 0.25) is 0 Å². The number of hydrogen-bond acceptors (Lipinski definition) is 4. The van der Waals surface area contributed by atoms with Gasteiger partial charge in [0.25, 0.3) is 5.91 Å². The summed E-state index contributed by atoms with van der Waals surface area (Å²) in [5.74, 6) is -0.0367. The number of amides is 1. The zero-order chi connectivity index (χ0) is 20.4. The molecule has 2 aromatic heterocycles. The molecule has 2 heterocycles. The SMILES string of the molecule is Cc1ccc2sc(N(CCCn3ccnc3)C(=O)c3cccc(Br)c3)nc2c1C. The molecule has 0 bridgehead atoms. The second-order valence-electron chi connectivity index (χ2n) is 6.97. The van der Waals surface area contributed by atoms with Crippen molar-refractivity contribution in [3.05, 3.63) is 76.3 Å². The lowest BCUT2D eigenvalue weighted by molar-refractivity contribution is 0.0986. The Morgan fingerprint density at radius 1 is 1.24 bits per heavy atom. The Kier molecular flexibility index (Phi) is 5.78. The van der Waals surface area contributed by atoms with Gasteiger partial charge in [-0.05, 0) is 55.7 Å². The van der Waals surface area contributed by atoms with Crippen molar-refractivity contribution >= 4 is 48.5 Å². The van der Waals surface area contributed by atoms with E-state index in [1.807, 2.05) is 35.0 Å². The monoisotopic (exact) mass is 468 g/mol. The summed E-state index contributed by atoms with van der Waals surface area (Å²) in [7, 11) is 0. The van der Waals surface area contributed by atoms with E-state index in [1.54, 1.807) is 28.8 Å². The van der Waals surface area contributed by atoms with Crippen LogP contribution in [0.1, 0.15) is 27.9 Å². The van der Waals surface area contributed by atoms with Gasteiger partial charge in [0.05, 0.1) is 16.5 Å². The molecule has 4 aromatic rings. The van der Waals surface area contributed by atoms with E-state index in [0.717, 1.165) is 32.8 Å². The number of carbonyl (C=O) groups excluding carboxylic acids is 1. The van der Waals surface area contributed by atoms with Gasteiger partial charge < -0.3 is 4.57 Å². The third kappa shape index (κ3) is 4.26. The van der Waals surface area contributed by atoms with E-state index >= 15 is 0 Å². The van der Waals surface area contributed by atoms with Gasteiger partial charge in [0.15, 0.2) is 5.13 Å². The summed E-state index contributed by atoms with van der Waals surface area (Å²) in [5.41, 5.74) is 4.00. The highest BCUT2D eigenvalue weighted by Gasteiger charge is 2.22. The highest BCUT2D eigenvalue weighted by molar-refractivity contribution is 9.10. The summed E-state index contributed by atoms with van der Waals surface area (Å²) < 4.78 is 4.01. The lowest BCUT2D eigenvalue weighted by Crippen LogP contribution is -2.32. The van der Waals surface area contributed by atoms with Gasteiger partial charge in [-0.3, -0.25) is 9.69 Å². The average Bonchev–Trinajstić information content (AvgIpc) is 3.38. The number of thiazole rings is 1. The number of aromatic nitrogens is 3. The number of benzene rings is 2. The Morgan fingerprint density at radius 3 is 2.86 bits per heavy atom. The molecule has 0 saturated carbocycles. The van der Waals surface area contributed by atoms with Gasteiger partial charge >= 0.3 is 0 Å². The molecule has 0 radical (unpaired) electrons. The summed E-state index contributed by atoms with van der Waals surface area (Å²) in [4.78, 5) is 24.1. The number of aryl methyl sites for hydroxylation is 3. The maximum atomic E-state index is 13.4. The Bertz CT molecular complexity index is 1150. The first-order valence-electron chi connectivity index (χ1n) is 9.43. The van der Waals surface area contributed by atoms with Gasteiger partial charge in [0, 0.05) is 35.5 Å². The lowest BCUT2D eigenvalue weighted by atomic mass is 10.1. The number of hydrogen-bond donors (Lipinski definition) is 0. The second-order valence-corrected chi connectivity index (χ2v) is 8.90. The molecule has 7 heteroatoms. The standard InChI is InChI=1S/C22H21BrN4OS/c1-15-7-8-19-20(16(15)2)25-22(29-19)27(11-4-10-26-12-9-24-14-26)21(28)17-5-3-6-18(23)13-17/h3,5-9,12-14H,4,10-11H2,1-2H3. The number of halogens is 1. The predicted octanol–water partition coefficient (Wildman–Crippen LogP) is 5.61. The van der Waals surface area contributed by atoms with Gasteiger partial charge in [-0.2, -0.15) is 0 Å². The van der Waals surface area contributed by atoms with Crippen LogP contribution in [-0.2, 0) is 6.54 Å². The van der Waals surface area contributed by atoms with Gasteiger partial charge in [-0.1, -0.05) is 39.4 Å². The molecule has 0 unspecified atom stereocenters. The Labute approximate surface area is 182 Å². The molecule has 29 heavy (non-hydrogen) atoms. The van der Waals surface area contributed by atoms with E-state index in [2.05, 4.69) is 46.9 Å². The summed E-state index contributed by atoms with van der Waals surface area (Å²) >= 11 is 5.03. The van der Waals surface area contributed by atoms with Crippen LogP contribution in [0.25, 0.3) is 10.2 Å². The van der Waals surface area contributed by atoms with Gasteiger partial charge in [0.1, 0.15) is 0 Å². The quantitative estimate of drug-likeness (QED) is 0.369. The molecule has 0 N–H and O–H groups in total. The van der Waals surface area contributed by atoms with Crippen molar-refractivity contribution in [3.63, 3.8) is 0 Å². The molecule has 148 valence electrons. The average molecular weight is 469 g/mol. The smallest absolute Gasteiger partial charge is 0.260 e. The van der Waals surface area contributed by atoms with Crippen LogP contribution in [0.15, 0.2) is 59.6 Å². The lowest BCUT2D eigenvalue weighted by Gasteiger charge is -2.20. The first kappa shape index (κ1) is 19.8. The van der Waals surface area contributed by atoms with Crippen molar-refractivity contribution in [2.75, 3.05) is 11.4 Å². The van der Waals surface area contributed by atoms with Crippen LogP contribution < -0.4 is 4.90 Å². The minimum atomic E-state index is -0.0367. The molecular formula is C22H21BrN4OS. The summed E-state index contributed by atoms with van der Waals surface area (Å²) in [5, 5.41) is 0.740. The van der Waals surface area contributed by atoms with Crippen molar-refractivity contribution < 1.29 is 4.79 Å². The Morgan fingerprint density at radius 2 is 2.10 bits per heavy atom. The van der Waals surface area contributed by atoms with Crippen molar-refractivity contribution in [1.29, 1.82) is 0 Å². The third-order valence-electron chi connectivity index (χ3n) is 4.98. The van der Waals surface area contributed by atoms with Crippen molar-refractivity contribution in [1.82, 2.24) is 14.5 Å². The van der Waals surface area contributed by atoms with Crippen molar-refractivity contribution in [2.45, 2.75) is 26.8 Å². The fraction of sp³-hybridized carbons (Fsp3) is 0.227. The van der Waals surface area contributed by atoms with Crippen LogP contribution in [0.3, 0.4) is 0 Å². The normalized spacial score (nSPS) is 11.1. The van der Waals surface area contributed by atoms with E-state index in [1.165, 1.54) is 11.1 Å². The summed E-state index contributed by atoms with van der Waals surface area (Å²) in [6, 6.07) is 11.7. The zero-order valence-corrected chi connectivity index (χ0v) is 18.7. The molecule has 5 nitrogen and oxygen atoms in total. The molecule has 0 aliphatic rings. The van der Waals surface area contributed by atoms with Crippen LogP contribution >= 0.6 is 27.3 Å². The molecule has 1 amide bonds. The molecule has 0 aliphatic heterocycles. The molecule has 4 rings (SSSR count). The number of fused-ring (bicyclic) bond motifs is 1. The molecule has 0 aliphatic carbocycles. The third-order valence-corrected chi connectivity index (χ3v) is 6.52. The second kappa shape index (κ2) is 8.47. The number of carbonyl (C=O) groups is 1. The van der Waals surface area contributed by atoms with Gasteiger partial charge in [-0.25, -0.2) is 9.97 Å². The minimum Gasteiger partial charge on any atom is -0.337 e. The first-order valence-corrected chi connectivity index (χ1v) is 11.0. The number of anilines is 1.